The van der Waals surface area contributed by atoms with Crippen LogP contribution in [0.5, 0.6) is 0 Å². The van der Waals surface area contributed by atoms with Crippen LogP contribution in [0.1, 0.15) is 0 Å². The third kappa shape index (κ3) is 5.32. The Bertz CT molecular complexity index is 320. The fourth-order valence-corrected chi connectivity index (χ4v) is 1.31. The van der Waals surface area contributed by atoms with Crippen LogP contribution in [-0.2, 0) is 4.84 Å². The van der Waals surface area contributed by atoms with Crippen LogP contribution in [0.3, 0.4) is 0 Å². The minimum Gasteiger partial charge on any atom is -0.331 e. The van der Waals surface area contributed by atoms with Gasteiger partial charge < -0.3 is 5.32 Å². The van der Waals surface area contributed by atoms with Crippen molar-refractivity contribution in [3.05, 3.63) is 29.3 Å². The molecule has 6 heteroatoms. The van der Waals surface area contributed by atoms with Crippen LogP contribution in [0.15, 0.2) is 24.3 Å². The van der Waals surface area contributed by atoms with Crippen LogP contribution in [0.2, 0.25) is 5.02 Å². The average Bonchev–Trinajstić information content (AvgIpc) is 2.22. The van der Waals surface area contributed by atoms with Crippen molar-refractivity contribution in [2.24, 2.45) is 0 Å². The first-order valence-electron chi connectivity index (χ1n) is 4.22. The van der Waals surface area contributed by atoms with Crippen LogP contribution in [0.25, 0.3) is 0 Å². The lowest BCUT2D eigenvalue weighted by molar-refractivity contribution is 0.101. The van der Waals surface area contributed by atoms with Crippen molar-refractivity contribution in [3.8, 4) is 0 Å². The molecule has 2 N–H and O–H groups in total. The second-order valence-electron chi connectivity index (χ2n) is 2.60. The van der Waals surface area contributed by atoms with Gasteiger partial charge in [0.15, 0.2) is 5.11 Å². The minimum atomic E-state index is 0.415. The van der Waals surface area contributed by atoms with Crippen molar-refractivity contribution in [2.45, 2.75) is 0 Å². The van der Waals surface area contributed by atoms with E-state index in [1.807, 2.05) is 12.1 Å². The molecule has 0 spiro atoms. The highest BCUT2D eigenvalue weighted by Gasteiger charge is 1.96. The first kappa shape index (κ1) is 12.7. The fraction of sp³-hybridized carbons (Fsp3) is 0.222. The average molecular weight is 310 g/mol. The Labute approximate surface area is 107 Å². The minimum absolute atomic E-state index is 0.415. The summed E-state index contributed by atoms with van der Waals surface area (Å²) in [6.07, 6.45) is 0. The Balaban J connectivity index is 2.34. The molecule has 0 amide bonds. The number of hydroxylamine groups is 1. The second-order valence-corrected chi connectivity index (χ2v) is 4.24. The highest BCUT2D eigenvalue weighted by Crippen LogP contribution is 2.12. The molecule has 0 saturated carbocycles. The first-order valence-corrected chi connectivity index (χ1v) is 6.13. The first-order chi connectivity index (χ1) is 7.22. The van der Waals surface area contributed by atoms with E-state index in [1.165, 1.54) is 0 Å². The number of halogens is 2. The lowest BCUT2D eigenvalue weighted by atomic mass is 10.3. The van der Waals surface area contributed by atoms with Gasteiger partial charge in [0.05, 0.1) is 6.61 Å². The number of anilines is 1. The van der Waals surface area contributed by atoms with Crippen molar-refractivity contribution < 1.29 is 4.84 Å². The standard InChI is InChI=1S/C9H10BrClN2OS/c10-5-6-14-13-9(15)12-8-3-1-7(11)2-4-8/h1-4H,5-6H2,(H2,12,13,15). The molecule has 1 rings (SSSR count). The van der Waals surface area contributed by atoms with E-state index in [0.29, 0.717) is 16.7 Å². The molecule has 3 nitrogen and oxygen atoms in total. The molecular weight excluding hydrogens is 300 g/mol. The van der Waals surface area contributed by atoms with E-state index in [9.17, 15) is 0 Å². The van der Waals surface area contributed by atoms with E-state index in [-0.39, 0.29) is 0 Å². The second kappa shape index (κ2) is 7.00. The summed E-state index contributed by atoms with van der Waals surface area (Å²) in [6, 6.07) is 7.24. The van der Waals surface area contributed by atoms with Crippen LogP contribution in [0.4, 0.5) is 5.69 Å². The van der Waals surface area contributed by atoms with Crippen molar-refractivity contribution in [2.75, 3.05) is 17.3 Å². The molecule has 1 aromatic rings. The summed E-state index contributed by atoms with van der Waals surface area (Å²) in [5, 5.41) is 4.81. The predicted octanol–water partition coefficient (Wildman–Crippen LogP) is 2.95. The van der Waals surface area contributed by atoms with E-state index in [4.69, 9.17) is 28.7 Å². The maximum atomic E-state index is 5.74. The van der Waals surface area contributed by atoms with E-state index >= 15 is 0 Å². The highest BCUT2D eigenvalue weighted by atomic mass is 79.9. The Morgan fingerprint density at radius 3 is 2.67 bits per heavy atom. The van der Waals surface area contributed by atoms with Crippen LogP contribution < -0.4 is 10.8 Å². The molecule has 0 radical (unpaired) electrons. The number of hydrogen-bond donors (Lipinski definition) is 2. The van der Waals surface area contributed by atoms with Gasteiger partial charge in [-0.1, -0.05) is 27.5 Å². The van der Waals surface area contributed by atoms with E-state index in [1.54, 1.807) is 12.1 Å². The number of nitrogens with one attached hydrogen (secondary N) is 2. The topological polar surface area (TPSA) is 33.3 Å². The molecule has 82 valence electrons. The summed E-state index contributed by atoms with van der Waals surface area (Å²) in [7, 11) is 0. The monoisotopic (exact) mass is 308 g/mol. The largest absolute Gasteiger partial charge is 0.331 e. The fourth-order valence-electron chi connectivity index (χ4n) is 0.845. The van der Waals surface area contributed by atoms with Gasteiger partial charge in [0.1, 0.15) is 0 Å². The summed E-state index contributed by atoms with van der Waals surface area (Å²) in [4.78, 5) is 5.01. The number of rotatable bonds is 4. The van der Waals surface area contributed by atoms with Crippen molar-refractivity contribution in [3.63, 3.8) is 0 Å². The van der Waals surface area contributed by atoms with Crippen molar-refractivity contribution in [1.29, 1.82) is 0 Å². The molecule has 0 saturated heterocycles. The molecular formula is C9H10BrClN2OS. The van der Waals surface area contributed by atoms with Gasteiger partial charge in [-0.05, 0) is 36.5 Å². The SMILES string of the molecule is S=C(NOCCBr)Nc1ccc(Cl)cc1. The molecule has 0 aromatic heterocycles. The lowest BCUT2D eigenvalue weighted by Crippen LogP contribution is -2.29. The van der Waals surface area contributed by atoms with E-state index in [2.05, 4.69) is 26.7 Å². The number of alkyl halides is 1. The molecule has 0 bridgehead atoms. The summed E-state index contributed by atoms with van der Waals surface area (Å²) >= 11 is 14.0. The van der Waals surface area contributed by atoms with Gasteiger partial charge in [-0.3, -0.25) is 4.84 Å². The zero-order valence-corrected chi connectivity index (χ0v) is 11.0. The van der Waals surface area contributed by atoms with Gasteiger partial charge in [0.2, 0.25) is 0 Å². The lowest BCUT2D eigenvalue weighted by Gasteiger charge is -2.09. The highest BCUT2D eigenvalue weighted by molar-refractivity contribution is 9.09. The predicted molar refractivity (Wildman–Crippen MR) is 70.6 cm³/mol. The van der Waals surface area contributed by atoms with Crippen LogP contribution in [-0.4, -0.2) is 17.0 Å². The smallest absolute Gasteiger partial charge is 0.195 e. The van der Waals surface area contributed by atoms with Crippen molar-refractivity contribution in [1.82, 2.24) is 5.48 Å². The third-order valence-electron chi connectivity index (χ3n) is 1.45. The zero-order valence-electron chi connectivity index (χ0n) is 7.80. The molecule has 1 aromatic carbocycles. The van der Waals surface area contributed by atoms with Gasteiger partial charge in [-0.15, -0.1) is 0 Å². The Kier molecular flexibility index (Phi) is 5.93. The maximum Gasteiger partial charge on any atom is 0.195 e. The number of thiocarbonyl (C=S) groups is 1. The maximum absolute atomic E-state index is 5.74. The third-order valence-corrected chi connectivity index (χ3v) is 2.21. The van der Waals surface area contributed by atoms with E-state index in [0.717, 1.165) is 11.0 Å². The summed E-state index contributed by atoms with van der Waals surface area (Å²) in [6.45, 7) is 0.544. The molecule has 0 heterocycles. The van der Waals surface area contributed by atoms with Gasteiger partial charge >= 0.3 is 0 Å². The molecule has 0 aliphatic carbocycles. The quantitative estimate of drug-likeness (QED) is 0.388. The summed E-state index contributed by atoms with van der Waals surface area (Å²) in [5.74, 6) is 0. The summed E-state index contributed by atoms with van der Waals surface area (Å²) < 4.78 is 0. The normalized spacial score (nSPS) is 9.73. The number of hydrogen-bond acceptors (Lipinski definition) is 2. The molecule has 0 atom stereocenters. The molecule has 15 heavy (non-hydrogen) atoms. The van der Waals surface area contributed by atoms with Crippen molar-refractivity contribution >= 4 is 50.5 Å². The number of benzene rings is 1. The van der Waals surface area contributed by atoms with Gasteiger partial charge in [0.25, 0.3) is 0 Å². The molecule has 0 aliphatic heterocycles. The Morgan fingerprint density at radius 1 is 1.40 bits per heavy atom. The van der Waals surface area contributed by atoms with E-state index < -0.39 is 0 Å². The van der Waals surface area contributed by atoms with Gasteiger partial charge in [-0.2, -0.15) is 0 Å². The molecule has 0 unspecified atom stereocenters. The Morgan fingerprint density at radius 2 is 2.07 bits per heavy atom. The molecule has 0 aliphatic rings. The summed E-state index contributed by atoms with van der Waals surface area (Å²) in [5.41, 5.74) is 3.46. The Hall–Kier alpha value is -0.360. The van der Waals surface area contributed by atoms with Crippen LogP contribution >= 0.6 is 39.7 Å². The zero-order chi connectivity index (χ0) is 11.1. The molecule has 0 fully saturated rings. The van der Waals surface area contributed by atoms with Crippen LogP contribution in [0, 0.1) is 0 Å². The van der Waals surface area contributed by atoms with Gasteiger partial charge in [-0.25, -0.2) is 5.48 Å². The van der Waals surface area contributed by atoms with Gasteiger partial charge in [0, 0.05) is 16.0 Å².